The highest BCUT2D eigenvalue weighted by atomic mass is 16.5. The van der Waals surface area contributed by atoms with Crippen LogP contribution in [-0.4, -0.2) is 18.5 Å². The van der Waals surface area contributed by atoms with Crippen molar-refractivity contribution in [2.24, 2.45) is 11.7 Å². The van der Waals surface area contributed by atoms with Crippen LogP contribution in [0.4, 0.5) is 0 Å². The highest BCUT2D eigenvalue weighted by molar-refractivity contribution is 5.78. The first-order valence-corrected chi connectivity index (χ1v) is 5.16. The second kappa shape index (κ2) is 5.22. The maximum atomic E-state index is 7.06. The molecule has 0 spiro atoms. The molecule has 1 aliphatic rings. The number of ether oxygens (including phenoxy) is 1. The fourth-order valence-electron chi connectivity index (χ4n) is 1.97. The molecule has 76 valence electrons. The summed E-state index contributed by atoms with van der Waals surface area (Å²) >= 11 is 0. The SMILES string of the molecule is CCC1CCCC(OCC(=N)N)C1. The van der Waals surface area contributed by atoms with Gasteiger partial charge in [0.2, 0.25) is 0 Å². The predicted molar refractivity (Wildman–Crippen MR) is 53.9 cm³/mol. The Hall–Kier alpha value is -0.570. The molecule has 0 aliphatic heterocycles. The molecule has 0 aromatic heterocycles. The summed E-state index contributed by atoms with van der Waals surface area (Å²) in [5, 5.41) is 7.06. The van der Waals surface area contributed by atoms with Gasteiger partial charge >= 0.3 is 0 Å². The van der Waals surface area contributed by atoms with E-state index in [1.54, 1.807) is 0 Å². The third kappa shape index (κ3) is 3.77. The fraction of sp³-hybridized carbons (Fsp3) is 0.900. The Morgan fingerprint density at radius 3 is 2.92 bits per heavy atom. The number of nitrogens with one attached hydrogen (secondary N) is 1. The van der Waals surface area contributed by atoms with Gasteiger partial charge in [0.1, 0.15) is 12.4 Å². The van der Waals surface area contributed by atoms with E-state index in [4.69, 9.17) is 15.9 Å². The van der Waals surface area contributed by atoms with Crippen LogP contribution in [0.5, 0.6) is 0 Å². The van der Waals surface area contributed by atoms with Gasteiger partial charge in [-0.1, -0.05) is 26.2 Å². The zero-order valence-corrected chi connectivity index (χ0v) is 8.38. The van der Waals surface area contributed by atoms with Crippen molar-refractivity contribution in [2.75, 3.05) is 6.61 Å². The smallest absolute Gasteiger partial charge is 0.117 e. The third-order valence-electron chi connectivity index (χ3n) is 2.79. The lowest BCUT2D eigenvalue weighted by Gasteiger charge is -2.28. The molecular weight excluding hydrogens is 164 g/mol. The first kappa shape index (κ1) is 10.5. The van der Waals surface area contributed by atoms with Gasteiger partial charge in [-0.25, -0.2) is 0 Å². The van der Waals surface area contributed by atoms with Crippen molar-refractivity contribution in [1.82, 2.24) is 0 Å². The van der Waals surface area contributed by atoms with E-state index in [1.165, 1.54) is 19.3 Å². The molecule has 3 heteroatoms. The number of amidine groups is 1. The van der Waals surface area contributed by atoms with Crippen molar-refractivity contribution in [2.45, 2.75) is 45.1 Å². The Balaban J connectivity index is 2.21. The van der Waals surface area contributed by atoms with E-state index in [0.29, 0.717) is 12.7 Å². The van der Waals surface area contributed by atoms with Crippen LogP contribution in [-0.2, 0) is 4.74 Å². The van der Waals surface area contributed by atoms with Gasteiger partial charge in [0, 0.05) is 0 Å². The molecule has 1 aliphatic carbocycles. The molecule has 0 amide bonds. The van der Waals surface area contributed by atoms with Gasteiger partial charge in [0.15, 0.2) is 0 Å². The summed E-state index contributed by atoms with van der Waals surface area (Å²) in [5.41, 5.74) is 5.24. The van der Waals surface area contributed by atoms with Gasteiger partial charge in [-0.3, -0.25) is 5.41 Å². The Kier molecular flexibility index (Phi) is 4.22. The summed E-state index contributed by atoms with van der Waals surface area (Å²) in [6, 6.07) is 0. The Morgan fingerprint density at radius 1 is 1.54 bits per heavy atom. The molecule has 1 saturated carbocycles. The van der Waals surface area contributed by atoms with Gasteiger partial charge in [0.25, 0.3) is 0 Å². The van der Waals surface area contributed by atoms with Crippen molar-refractivity contribution in [3.05, 3.63) is 0 Å². The lowest BCUT2D eigenvalue weighted by Crippen LogP contribution is -2.27. The van der Waals surface area contributed by atoms with E-state index < -0.39 is 0 Å². The van der Waals surface area contributed by atoms with Gasteiger partial charge in [-0.15, -0.1) is 0 Å². The van der Waals surface area contributed by atoms with Crippen LogP contribution in [0.2, 0.25) is 0 Å². The molecule has 2 atom stereocenters. The Morgan fingerprint density at radius 2 is 2.31 bits per heavy atom. The highest BCUT2D eigenvalue weighted by Gasteiger charge is 2.20. The van der Waals surface area contributed by atoms with E-state index in [0.717, 1.165) is 18.8 Å². The molecule has 3 nitrogen and oxygen atoms in total. The molecule has 1 fully saturated rings. The van der Waals surface area contributed by atoms with Crippen molar-refractivity contribution in [3.8, 4) is 0 Å². The lowest BCUT2D eigenvalue weighted by molar-refractivity contribution is 0.0336. The maximum Gasteiger partial charge on any atom is 0.117 e. The van der Waals surface area contributed by atoms with Crippen molar-refractivity contribution in [1.29, 1.82) is 5.41 Å². The molecule has 0 aromatic rings. The van der Waals surface area contributed by atoms with Crippen LogP contribution in [0, 0.1) is 11.3 Å². The fourth-order valence-corrected chi connectivity index (χ4v) is 1.97. The zero-order chi connectivity index (χ0) is 9.68. The maximum absolute atomic E-state index is 7.06. The minimum Gasteiger partial charge on any atom is -0.386 e. The molecule has 0 radical (unpaired) electrons. The average molecular weight is 184 g/mol. The minimum atomic E-state index is 0.138. The summed E-state index contributed by atoms with van der Waals surface area (Å²) in [7, 11) is 0. The van der Waals surface area contributed by atoms with Crippen LogP contribution in [0.25, 0.3) is 0 Å². The minimum absolute atomic E-state index is 0.138. The van der Waals surface area contributed by atoms with Crippen LogP contribution >= 0.6 is 0 Å². The highest BCUT2D eigenvalue weighted by Crippen LogP contribution is 2.28. The van der Waals surface area contributed by atoms with E-state index in [-0.39, 0.29) is 5.84 Å². The zero-order valence-electron chi connectivity index (χ0n) is 8.38. The van der Waals surface area contributed by atoms with Gasteiger partial charge in [-0.05, 0) is 18.8 Å². The normalized spacial score (nSPS) is 28.7. The second-order valence-electron chi connectivity index (χ2n) is 3.90. The predicted octanol–water partition coefficient (Wildman–Crippen LogP) is 1.91. The molecule has 2 unspecified atom stereocenters. The van der Waals surface area contributed by atoms with E-state index >= 15 is 0 Å². The molecule has 1 rings (SSSR count). The molecular formula is C10H20N2O. The Bertz CT molecular complexity index is 170. The standard InChI is InChI=1S/C10H20N2O/c1-2-8-4-3-5-9(6-8)13-7-10(11)12/h8-9H,2-7H2,1H3,(H3,11,12). The van der Waals surface area contributed by atoms with Crippen LogP contribution in [0.15, 0.2) is 0 Å². The van der Waals surface area contributed by atoms with E-state index in [2.05, 4.69) is 6.92 Å². The van der Waals surface area contributed by atoms with Crippen molar-refractivity contribution in [3.63, 3.8) is 0 Å². The number of hydrogen-bond acceptors (Lipinski definition) is 2. The van der Waals surface area contributed by atoms with Crippen LogP contribution in [0.1, 0.15) is 39.0 Å². The van der Waals surface area contributed by atoms with Crippen molar-refractivity contribution < 1.29 is 4.74 Å². The number of hydrogen-bond donors (Lipinski definition) is 2. The number of rotatable bonds is 4. The molecule has 13 heavy (non-hydrogen) atoms. The summed E-state index contributed by atoms with van der Waals surface area (Å²) < 4.78 is 5.53. The summed E-state index contributed by atoms with van der Waals surface area (Å²) in [4.78, 5) is 0. The summed E-state index contributed by atoms with van der Waals surface area (Å²) in [5.74, 6) is 0.962. The molecule has 0 heterocycles. The topological polar surface area (TPSA) is 59.1 Å². The largest absolute Gasteiger partial charge is 0.386 e. The van der Waals surface area contributed by atoms with E-state index in [9.17, 15) is 0 Å². The van der Waals surface area contributed by atoms with Gasteiger partial charge in [-0.2, -0.15) is 0 Å². The lowest BCUT2D eigenvalue weighted by atomic mass is 9.85. The van der Waals surface area contributed by atoms with Crippen LogP contribution < -0.4 is 5.73 Å². The van der Waals surface area contributed by atoms with Crippen LogP contribution in [0.3, 0.4) is 0 Å². The quantitative estimate of drug-likeness (QED) is 0.518. The first-order valence-electron chi connectivity index (χ1n) is 5.16. The van der Waals surface area contributed by atoms with E-state index in [1.807, 2.05) is 0 Å². The second-order valence-corrected chi connectivity index (χ2v) is 3.90. The summed E-state index contributed by atoms with van der Waals surface area (Å²) in [6.07, 6.45) is 6.51. The Labute approximate surface area is 80.2 Å². The third-order valence-corrected chi connectivity index (χ3v) is 2.79. The average Bonchev–Trinajstić information content (AvgIpc) is 2.15. The molecule has 3 N–H and O–H groups in total. The molecule has 0 bridgehead atoms. The summed E-state index contributed by atoms with van der Waals surface area (Å²) in [6.45, 7) is 2.54. The first-order chi connectivity index (χ1) is 6.22. The number of nitrogens with two attached hydrogens (primary N) is 1. The molecule has 0 saturated heterocycles. The van der Waals surface area contributed by atoms with Crippen molar-refractivity contribution >= 4 is 5.84 Å². The van der Waals surface area contributed by atoms with Gasteiger partial charge < -0.3 is 10.5 Å². The van der Waals surface area contributed by atoms with Gasteiger partial charge in [0.05, 0.1) is 6.10 Å². The molecule has 0 aromatic carbocycles. The monoisotopic (exact) mass is 184 g/mol.